The van der Waals surface area contributed by atoms with E-state index in [1.165, 1.54) is 6.39 Å². The fraction of sp³-hybridized carbons (Fsp3) is 0.625. The third kappa shape index (κ3) is 2.47. The number of rotatable bonds is 3. The Kier molecular flexibility index (Phi) is 3.03. The van der Waals surface area contributed by atoms with E-state index in [1.807, 2.05) is 0 Å². The number of hydrogen-bond donors (Lipinski definition) is 1. The summed E-state index contributed by atoms with van der Waals surface area (Å²) < 4.78 is 4.63. The molecule has 0 bridgehead atoms. The predicted molar refractivity (Wildman–Crippen MR) is 55.4 cm³/mol. The first-order valence-electron chi connectivity index (χ1n) is 4.55. The van der Waals surface area contributed by atoms with E-state index in [-0.39, 0.29) is 0 Å². The van der Waals surface area contributed by atoms with E-state index in [2.05, 4.69) is 31.9 Å². The van der Waals surface area contributed by atoms with Gasteiger partial charge >= 0.3 is 0 Å². The molecule has 2 heterocycles. The zero-order chi connectivity index (χ0) is 9.80. The molecule has 1 aliphatic rings. The molecule has 0 aliphatic carbocycles. The molecule has 0 aromatic carbocycles. The summed E-state index contributed by atoms with van der Waals surface area (Å²) in [6.07, 6.45) is 2.11. The van der Waals surface area contributed by atoms with Crippen molar-refractivity contribution >= 4 is 16.9 Å². The van der Waals surface area contributed by atoms with Gasteiger partial charge in [-0.1, -0.05) is 23.8 Å². The number of amidine groups is 1. The molecule has 6 heteroatoms. The highest BCUT2D eigenvalue weighted by Gasteiger charge is 2.13. The van der Waals surface area contributed by atoms with E-state index >= 15 is 0 Å². The zero-order valence-corrected chi connectivity index (χ0v) is 8.75. The van der Waals surface area contributed by atoms with Crippen LogP contribution in [0.5, 0.6) is 0 Å². The van der Waals surface area contributed by atoms with Crippen LogP contribution in [0.4, 0.5) is 0 Å². The van der Waals surface area contributed by atoms with Gasteiger partial charge in [-0.25, -0.2) is 0 Å². The minimum Gasteiger partial charge on any atom is -0.364 e. The molecule has 0 spiro atoms. The van der Waals surface area contributed by atoms with E-state index in [9.17, 15) is 0 Å². The predicted octanol–water partition coefficient (Wildman–Crippen LogP) is 0.693. The van der Waals surface area contributed by atoms with Crippen LogP contribution in [-0.2, 0) is 6.42 Å². The van der Waals surface area contributed by atoms with Gasteiger partial charge in [0.15, 0.2) is 11.0 Å². The lowest BCUT2D eigenvalue weighted by Crippen LogP contribution is -2.22. The zero-order valence-electron chi connectivity index (χ0n) is 7.93. The Hall–Kier alpha value is -1.04. The first-order valence-corrected chi connectivity index (χ1v) is 5.43. The van der Waals surface area contributed by atoms with E-state index in [1.54, 1.807) is 11.8 Å². The van der Waals surface area contributed by atoms with Gasteiger partial charge in [-0.2, -0.15) is 4.98 Å². The van der Waals surface area contributed by atoms with Crippen molar-refractivity contribution in [3.05, 3.63) is 12.2 Å². The van der Waals surface area contributed by atoms with E-state index in [0.717, 1.165) is 30.5 Å². The van der Waals surface area contributed by atoms with Crippen molar-refractivity contribution in [1.82, 2.24) is 15.5 Å². The van der Waals surface area contributed by atoms with Crippen LogP contribution >= 0.6 is 11.8 Å². The van der Waals surface area contributed by atoms with Crippen LogP contribution < -0.4 is 5.32 Å². The number of hydrogen-bond acceptors (Lipinski definition) is 6. The molecule has 1 unspecified atom stereocenters. The molecule has 76 valence electrons. The lowest BCUT2D eigenvalue weighted by molar-refractivity contribution is 0.410. The standard InChI is InChI=1S/C8H12N4OS/c1-6-4-10-8(14-6)9-3-2-7-11-5-13-12-7/h5-6H,2-4H2,1H3,(H,9,10). The van der Waals surface area contributed by atoms with Gasteiger partial charge in [-0.15, -0.1) is 0 Å². The highest BCUT2D eigenvalue weighted by atomic mass is 32.2. The van der Waals surface area contributed by atoms with Crippen molar-refractivity contribution in [3.8, 4) is 0 Å². The SMILES string of the molecule is CC1CN=C(NCCc2ncon2)S1. The molecule has 1 N–H and O–H groups in total. The molecule has 0 saturated carbocycles. The molecule has 0 radical (unpaired) electrons. The summed E-state index contributed by atoms with van der Waals surface area (Å²) in [6.45, 7) is 3.88. The van der Waals surface area contributed by atoms with Gasteiger partial charge in [0.1, 0.15) is 0 Å². The number of nitrogens with one attached hydrogen (secondary N) is 1. The van der Waals surface area contributed by atoms with Crippen LogP contribution in [0.1, 0.15) is 12.7 Å². The molecule has 2 rings (SSSR count). The molecule has 0 fully saturated rings. The summed E-state index contributed by atoms with van der Waals surface area (Å²) in [7, 11) is 0. The maximum atomic E-state index is 4.63. The fourth-order valence-corrected chi connectivity index (χ4v) is 2.02. The summed E-state index contributed by atoms with van der Waals surface area (Å²) in [6, 6.07) is 0. The second-order valence-electron chi connectivity index (χ2n) is 3.10. The Morgan fingerprint density at radius 3 is 3.29 bits per heavy atom. The first-order chi connectivity index (χ1) is 6.84. The number of nitrogens with zero attached hydrogens (tertiary/aromatic N) is 3. The molecule has 5 nitrogen and oxygen atoms in total. The maximum absolute atomic E-state index is 4.63. The van der Waals surface area contributed by atoms with Crippen molar-refractivity contribution in [2.24, 2.45) is 4.99 Å². The van der Waals surface area contributed by atoms with Gasteiger partial charge in [0.05, 0.1) is 6.54 Å². The average Bonchev–Trinajstić information content (AvgIpc) is 2.77. The van der Waals surface area contributed by atoms with Crippen molar-refractivity contribution < 1.29 is 4.52 Å². The normalized spacial score (nSPS) is 20.9. The Balaban J connectivity index is 1.69. The third-order valence-corrected chi connectivity index (χ3v) is 2.88. The monoisotopic (exact) mass is 212 g/mol. The third-order valence-electron chi connectivity index (χ3n) is 1.84. The molecule has 0 amide bonds. The van der Waals surface area contributed by atoms with Crippen LogP contribution in [0.3, 0.4) is 0 Å². The van der Waals surface area contributed by atoms with Crippen LogP contribution in [0.15, 0.2) is 15.9 Å². The molecular formula is C8H12N4OS. The van der Waals surface area contributed by atoms with Gasteiger partial charge in [-0.05, 0) is 0 Å². The highest BCUT2D eigenvalue weighted by Crippen LogP contribution is 2.18. The molecule has 14 heavy (non-hydrogen) atoms. The van der Waals surface area contributed by atoms with Gasteiger partial charge in [0, 0.05) is 18.2 Å². The summed E-state index contributed by atoms with van der Waals surface area (Å²) in [5.74, 6) is 0.731. The Morgan fingerprint density at radius 2 is 2.64 bits per heavy atom. The van der Waals surface area contributed by atoms with Crippen LogP contribution in [0.2, 0.25) is 0 Å². The smallest absolute Gasteiger partial charge is 0.213 e. The van der Waals surface area contributed by atoms with E-state index in [4.69, 9.17) is 0 Å². The van der Waals surface area contributed by atoms with Gasteiger partial charge < -0.3 is 9.84 Å². The number of aromatic nitrogens is 2. The average molecular weight is 212 g/mol. The molecule has 1 aromatic heterocycles. The van der Waals surface area contributed by atoms with Gasteiger partial charge in [0.25, 0.3) is 0 Å². The summed E-state index contributed by atoms with van der Waals surface area (Å²) in [4.78, 5) is 8.27. The van der Waals surface area contributed by atoms with Gasteiger partial charge in [-0.3, -0.25) is 4.99 Å². The quantitative estimate of drug-likeness (QED) is 0.798. The first kappa shape index (κ1) is 9.51. The summed E-state index contributed by atoms with van der Waals surface area (Å²) in [5.41, 5.74) is 0. The van der Waals surface area contributed by atoms with E-state index < -0.39 is 0 Å². The summed E-state index contributed by atoms with van der Waals surface area (Å²) >= 11 is 1.78. The van der Waals surface area contributed by atoms with Crippen molar-refractivity contribution in [2.45, 2.75) is 18.6 Å². The van der Waals surface area contributed by atoms with Crippen molar-refractivity contribution in [2.75, 3.05) is 13.1 Å². The van der Waals surface area contributed by atoms with Crippen LogP contribution in [0.25, 0.3) is 0 Å². The Morgan fingerprint density at radius 1 is 1.71 bits per heavy atom. The Labute approximate surface area is 86.4 Å². The fourth-order valence-electron chi connectivity index (χ4n) is 1.16. The van der Waals surface area contributed by atoms with Crippen molar-refractivity contribution in [3.63, 3.8) is 0 Å². The number of thioether (sulfide) groups is 1. The molecule has 1 atom stereocenters. The Bertz CT molecular complexity index is 311. The highest BCUT2D eigenvalue weighted by molar-refractivity contribution is 8.14. The largest absolute Gasteiger partial charge is 0.364 e. The lowest BCUT2D eigenvalue weighted by atomic mass is 10.4. The molecule has 1 aliphatic heterocycles. The number of aliphatic imine (C=N–C) groups is 1. The second kappa shape index (κ2) is 4.45. The molecular weight excluding hydrogens is 200 g/mol. The van der Waals surface area contributed by atoms with Crippen LogP contribution in [-0.4, -0.2) is 33.6 Å². The van der Waals surface area contributed by atoms with Crippen LogP contribution in [0, 0.1) is 0 Å². The maximum Gasteiger partial charge on any atom is 0.213 e. The molecule has 1 aromatic rings. The van der Waals surface area contributed by atoms with Gasteiger partial charge in [0.2, 0.25) is 6.39 Å². The molecule has 0 saturated heterocycles. The lowest BCUT2D eigenvalue weighted by Gasteiger charge is -2.03. The minimum atomic E-state index is 0.600. The summed E-state index contributed by atoms with van der Waals surface area (Å²) in [5, 5.41) is 8.59. The van der Waals surface area contributed by atoms with Crippen molar-refractivity contribution in [1.29, 1.82) is 0 Å². The topological polar surface area (TPSA) is 63.3 Å². The minimum absolute atomic E-state index is 0.600. The second-order valence-corrected chi connectivity index (χ2v) is 4.53. The van der Waals surface area contributed by atoms with E-state index in [0.29, 0.717) is 5.25 Å².